The molecule has 2 aromatic carbocycles. The minimum absolute atomic E-state index is 0.119. The molecule has 26 heavy (non-hydrogen) atoms. The highest BCUT2D eigenvalue weighted by atomic mass is 35.5. The molecular weight excluding hydrogens is 373 g/mol. The molecule has 0 aliphatic carbocycles. The largest absolute Gasteiger partial charge is 0.504 e. The molecule has 0 radical (unpaired) electrons. The van der Waals surface area contributed by atoms with Crippen LogP contribution < -0.4 is 10.1 Å². The second kappa shape index (κ2) is 8.65. The van der Waals surface area contributed by atoms with E-state index in [2.05, 4.69) is 5.32 Å². The standard InChI is InChI=1S/C20H23Cl2NO3/c1-5-13-9-11(3)7-8-17(13)26-16(6-2)20(25)23-15-10-14(21)12(4)18(22)19(15)24/h7-10,16,24H,5-6H2,1-4H3,(H,23,25). The van der Waals surface area contributed by atoms with Crippen molar-refractivity contribution < 1.29 is 14.6 Å². The minimum Gasteiger partial charge on any atom is -0.504 e. The SMILES string of the molecule is CCc1cc(C)ccc1OC(CC)C(=O)Nc1cc(Cl)c(C)c(Cl)c1O. The number of hydrogen-bond donors (Lipinski definition) is 2. The van der Waals surface area contributed by atoms with Crippen LogP contribution in [0.2, 0.25) is 10.0 Å². The summed E-state index contributed by atoms with van der Waals surface area (Å²) < 4.78 is 5.94. The highest BCUT2D eigenvalue weighted by Gasteiger charge is 2.22. The van der Waals surface area contributed by atoms with Gasteiger partial charge in [-0.3, -0.25) is 4.79 Å². The van der Waals surface area contributed by atoms with E-state index < -0.39 is 6.10 Å². The Labute approximate surface area is 164 Å². The lowest BCUT2D eigenvalue weighted by Gasteiger charge is -2.20. The number of amides is 1. The first kappa shape index (κ1) is 20.4. The molecule has 4 nitrogen and oxygen atoms in total. The molecule has 0 aromatic heterocycles. The fraction of sp³-hybridized carbons (Fsp3) is 0.350. The van der Waals surface area contributed by atoms with Gasteiger partial charge in [0.05, 0.1) is 10.7 Å². The van der Waals surface area contributed by atoms with Gasteiger partial charge in [0, 0.05) is 5.02 Å². The molecule has 0 saturated heterocycles. The molecule has 0 aliphatic heterocycles. The number of hydrogen-bond acceptors (Lipinski definition) is 3. The second-order valence-electron chi connectivity index (χ2n) is 6.16. The summed E-state index contributed by atoms with van der Waals surface area (Å²) in [5.74, 6) is 0.104. The number of halogens is 2. The average Bonchev–Trinajstić information content (AvgIpc) is 2.62. The highest BCUT2D eigenvalue weighted by Crippen LogP contribution is 2.39. The van der Waals surface area contributed by atoms with E-state index in [1.807, 2.05) is 39.0 Å². The van der Waals surface area contributed by atoms with Gasteiger partial charge in [0.25, 0.3) is 5.91 Å². The Balaban J connectivity index is 2.23. The minimum atomic E-state index is -0.707. The monoisotopic (exact) mass is 395 g/mol. The van der Waals surface area contributed by atoms with Crippen LogP contribution in [0.5, 0.6) is 11.5 Å². The Kier molecular flexibility index (Phi) is 6.79. The van der Waals surface area contributed by atoms with Crippen LogP contribution >= 0.6 is 23.2 Å². The number of nitrogens with one attached hydrogen (secondary N) is 1. The molecule has 2 rings (SSSR count). The molecule has 1 amide bonds. The summed E-state index contributed by atoms with van der Waals surface area (Å²) in [5.41, 5.74) is 2.90. The maximum absolute atomic E-state index is 12.6. The van der Waals surface area contributed by atoms with Gasteiger partial charge in [-0.05, 0) is 49.9 Å². The zero-order valence-corrected chi connectivity index (χ0v) is 16.8. The van der Waals surface area contributed by atoms with Crippen LogP contribution in [-0.2, 0) is 11.2 Å². The van der Waals surface area contributed by atoms with E-state index in [0.29, 0.717) is 22.8 Å². The Hall–Kier alpha value is -1.91. The van der Waals surface area contributed by atoms with Gasteiger partial charge < -0.3 is 15.2 Å². The van der Waals surface area contributed by atoms with Crippen molar-refractivity contribution in [1.29, 1.82) is 0 Å². The number of rotatable bonds is 6. The first-order valence-corrected chi connectivity index (χ1v) is 9.28. The van der Waals surface area contributed by atoms with Crippen molar-refractivity contribution in [2.75, 3.05) is 5.32 Å². The Bertz CT molecular complexity index is 821. The van der Waals surface area contributed by atoms with E-state index in [4.69, 9.17) is 27.9 Å². The Morgan fingerprint density at radius 2 is 1.92 bits per heavy atom. The molecule has 6 heteroatoms. The van der Waals surface area contributed by atoms with E-state index in [-0.39, 0.29) is 22.4 Å². The summed E-state index contributed by atoms with van der Waals surface area (Å²) in [7, 11) is 0. The van der Waals surface area contributed by atoms with Crippen molar-refractivity contribution in [3.63, 3.8) is 0 Å². The smallest absolute Gasteiger partial charge is 0.265 e. The molecule has 0 aliphatic rings. The van der Waals surface area contributed by atoms with Gasteiger partial charge in [0.1, 0.15) is 5.75 Å². The van der Waals surface area contributed by atoms with Gasteiger partial charge in [-0.2, -0.15) is 0 Å². The van der Waals surface area contributed by atoms with Gasteiger partial charge in [-0.25, -0.2) is 0 Å². The summed E-state index contributed by atoms with van der Waals surface area (Å²) in [6.07, 6.45) is 0.567. The highest BCUT2D eigenvalue weighted by molar-refractivity contribution is 6.37. The molecule has 2 N–H and O–H groups in total. The summed E-state index contributed by atoms with van der Waals surface area (Å²) >= 11 is 12.1. The van der Waals surface area contributed by atoms with Gasteiger partial charge in [0.2, 0.25) is 0 Å². The predicted molar refractivity (Wildman–Crippen MR) is 107 cm³/mol. The first-order valence-electron chi connectivity index (χ1n) is 8.53. The molecule has 140 valence electrons. The quantitative estimate of drug-likeness (QED) is 0.618. The van der Waals surface area contributed by atoms with Crippen LogP contribution in [0.3, 0.4) is 0 Å². The molecule has 0 heterocycles. The summed E-state index contributed by atoms with van der Waals surface area (Å²) in [6.45, 7) is 7.61. The predicted octanol–water partition coefficient (Wildman–Crippen LogP) is 5.67. The zero-order chi connectivity index (χ0) is 19.4. The third-order valence-electron chi connectivity index (χ3n) is 4.21. The molecule has 0 spiro atoms. The van der Waals surface area contributed by atoms with E-state index in [1.54, 1.807) is 6.92 Å². The number of ether oxygens (including phenoxy) is 1. The number of benzene rings is 2. The molecule has 1 atom stereocenters. The van der Waals surface area contributed by atoms with Crippen molar-refractivity contribution in [2.45, 2.75) is 46.6 Å². The second-order valence-corrected chi connectivity index (χ2v) is 6.95. The van der Waals surface area contributed by atoms with Crippen molar-refractivity contribution in [1.82, 2.24) is 0 Å². The summed E-state index contributed by atoms with van der Waals surface area (Å²) in [6, 6.07) is 7.35. The number of aromatic hydroxyl groups is 1. The summed E-state index contributed by atoms with van der Waals surface area (Å²) in [4.78, 5) is 12.6. The molecule has 2 aromatic rings. The maximum Gasteiger partial charge on any atom is 0.265 e. The number of phenolic OH excluding ortho intramolecular Hbond substituents is 1. The maximum atomic E-state index is 12.6. The fourth-order valence-corrected chi connectivity index (χ4v) is 3.04. The van der Waals surface area contributed by atoms with Gasteiger partial charge in [-0.1, -0.05) is 54.7 Å². The topological polar surface area (TPSA) is 58.6 Å². The number of aryl methyl sites for hydroxylation is 2. The van der Waals surface area contributed by atoms with Crippen LogP contribution in [0, 0.1) is 13.8 Å². The molecule has 0 bridgehead atoms. The van der Waals surface area contributed by atoms with Crippen molar-refractivity contribution in [3.8, 4) is 11.5 Å². The third-order valence-corrected chi connectivity index (χ3v) is 5.06. The lowest BCUT2D eigenvalue weighted by Crippen LogP contribution is -2.32. The average molecular weight is 396 g/mol. The lowest BCUT2D eigenvalue weighted by molar-refractivity contribution is -0.122. The van der Waals surface area contributed by atoms with Crippen LogP contribution in [0.1, 0.15) is 37.0 Å². The van der Waals surface area contributed by atoms with E-state index in [0.717, 1.165) is 17.5 Å². The number of anilines is 1. The number of phenols is 1. The first-order chi connectivity index (χ1) is 12.3. The van der Waals surface area contributed by atoms with Crippen molar-refractivity contribution >= 4 is 34.8 Å². The van der Waals surface area contributed by atoms with E-state index in [9.17, 15) is 9.90 Å². The van der Waals surface area contributed by atoms with E-state index in [1.165, 1.54) is 6.07 Å². The van der Waals surface area contributed by atoms with Crippen LogP contribution in [-0.4, -0.2) is 17.1 Å². The number of carbonyl (C=O) groups excluding carboxylic acids is 1. The molecule has 0 saturated carbocycles. The lowest BCUT2D eigenvalue weighted by atomic mass is 10.1. The normalized spacial score (nSPS) is 11.9. The number of carbonyl (C=O) groups is 1. The molecule has 1 unspecified atom stereocenters. The van der Waals surface area contributed by atoms with Crippen LogP contribution in [0.4, 0.5) is 5.69 Å². The van der Waals surface area contributed by atoms with Gasteiger partial charge in [0.15, 0.2) is 11.9 Å². The van der Waals surface area contributed by atoms with Crippen molar-refractivity contribution in [2.24, 2.45) is 0 Å². The van der Waals surface area contributed by atoms with Crippen molar-refractivity contribution in [3.05, 3.63) is 51.0 Å². The summed E-state index contributed by atoms with van der Waals surface area (Å²) in [5, 5.41) is 13.3. The van der Waals surface area contributed by atoms with Gasteiger partial charge in [-0.15, -0.1) is 0 Å². The van der Waals surface area contributed by atoms with Crippen LogP contribution in [0.25, 0.3) is 0 Å². The Morgan fingerprint density at radius 1 is 1.23 bits per heavy atom. The molecular formula is C20H23Cl2NO3. The van der Waals surface area contributed by atoms with Crippen LogP contribution in [0.15, 0.2) is 24.3 Å². The van der Waals surface area contributed by atoms with E-state index >= 15 is 0 Å². The third kappa shape index (κ3) is 4.43. The Morgan fingerprint density at radius 3 is 2.54 bits per heavy atom. The molecule has 0 fully saturated rings. The zero-order valence-electron chi connectivity index (χ0n) is 15.3. The fourth-order valence-electron chi connectivity index (χ4n) is 2.59. The van der Waals surface area contributed by atoms with Gasteiger partial charge >= 0.3 is 0 Å².